The number of hydrogen-bond donors (Lipinski definition) is 1. The number of hydrogen-bond acceptors (Lipinski definition) is 3. The highest BCUT2D eigenvalue weighted by atomic mass is 32.2. The highest BCUT2D eigenvalue weighted by Crippen LogP contribution is 2.21. The summed E-state index contributed by atoms with van der Waals surface area (Å²) in [6.45, 7) is 3.55. The molecule has 2 unspecified atom stereocenters. The molecule has 0 aliphatic heterocycles. The molecule has 0 fully saturated rings. The van der Waals surface area contributed by atoms with E-state index in [4.69, 9.17) is 0 Å². The van der Waals surface area contributed by atoms with E-state index in [1.165, 1.54) is 0 Å². The van der Waals surface area contributed by atoms with Gasteiger partial charge in [0.25, 0.3) is 0 Å². The zero-order valence-electron chi connectivity index (χ0n) is 12.2. The Bertz CT molecular complexity index is 390. The first-order valence-corrected chi connectivity index (χ1v) is 8.07. The summed E-state index contributed by atoms with van der Waals surface area (Å²) in [5.74, 6) is 2.47. The summed E-state index contributed by atoms with van der Waals surface area (Å²) < 4.78 is 28.8. The number of halogens is 2. The molecular formula is C15H23F2NOS. The zero-order chi connectivity index (χ0) is 15.0. The lowest BCUT2D eigenvalue weighted by molar-refractivity contribution is -0.0499. The van der Waals surface area contributed by atoms with Crippen LogP contribution in [0.5, 0.6) is 5.75 Å². The van der Waals surface area contributed by atoms with Gasteiger partial charge in [-0.1, -0.05) is 19.1 Å². The van der Waals surface area contributed by atoms with Gasteiger partial charge in [0.15, 0.2) is 0 Å². The standard InChI is InChI=1S/C15H23F2NOS/c1-4-20-9-8-11(2)18-12(3)13-6-5-7-14(10-13)19-15(16)17/h5-7,10-12,15,18H,4,8-9H2,1-3H3. The topological polar surface area (TPSA) is 21.3 Å². The summed E-state index contributed by atoms with van der Waals surface area (Å²) in [6.07, 6.45) is 1.09. The van der Waals surface area contributed by atoms with Gasteiger partial charge in [-0.3, -0.25) is 0 Å². The van der Waals surface area contributed by atoms with E-state index in [-0.39, 0.29) is 11.8 Å². The molecule has 0 aliphatic rings. The first kappa shape index (κ1) is 17.2. The van der Waals surface area contributed by atoms with Gasteiger partial charge in [-0.05, 0) is 49.5 Å². The second kappa shape index (κ2) is 9.19. The van der Waals surface area contributed by atoms with Crippen molar-refractivity contribution in [1.82, 2.24) is 5.32 Å². The Labute approximate surface area is 124 Å². The number of rotatable bonds is 9. The van der Waals surface area contributed by atoms with Crippen LogP contribution in [0.25, 0.3) is 0 Å². The normalized spacial score (nSPS) is 14.3. The van der Waals surface area contributed by atoms with E-state index < -0.39 is 6.61 Å². The van der Waals surface area contributed by atoms with Crippen molar-refractivity contribution >= 4 is 11.8 Å². The van der Waals surface area contributed by atoms with Crippen molar-refractivity contribution in [3.8, 4) is 5.75 Å². The third-order valence-electron chi connectivity index (χ3n) is 3.02. The van der Waals surface area contributed by atoms with E-state index in [2.05, 4.69) is 23.9 Å². The highest BCUT2D eigenvalue weighted by molar-refractivity contribution is 7.99. The van der Waals surface area contributed by atoms with E-state index >= 15 is 0 Å². The lowest BCUT2D eigenvalue weighted by atomic mass is 10.1. The number of nitrogens with one attached hydrogen (secondary N) is 1. The average Bonchev–Trinajstić information content (AvgIpc) is 2.38. The molecule has 114 valence electrons. The van der Waals surface area contributed by atoms with Gasteiger partial charge in [0.05, 0.1) is 0 Å². The predicted octanol–water partition coefficient (Wildman–Crippen LogP) is 4.47. The molecule has 0 aromatic heterocycles. The second-order valence-corrected chi connectivity index (χ2v) is 6.12. The van der Waals surface area contributed by atoms with Gasteiger partial charge < -0.3 is 10.1 Å². The third kappa shape index (κ3) is 6.57. The van der Waals surface area contributed by atoms with Gasteiger partial charge >= 0.3 is 6.61 Å². The molecule has 2 nitrogen and oxygen atoms in total. The molecule has 0 saturated carbocycles. The summed E-state index contributed by atoms with van der Waals surface area (Å²) in [4.78, 5) is 0. The molecule has 0 amide bonds. The van der Waals surface area contributed by atoms with Gasteiger partial charge in [-0.25, -0.2) is 0 Å². The Morgan fingerprint density at radius 2 is 2.05 bits per heavy atom. The highest BCUT2D eigenvalue weighted by Gasteiger charge is 2.11. The summed E-state index contributed by atoms with van der Waals surface area (Å²) >= 11 is 1.93. The van der Waals surface area contributed by atoms with E-state index in [1.807, 2.05) is 24.8 Å². The van der Waals surface area contributed by atoms with Crippen LogP contribution in [0.2, 0.25) is 0 Å². The maximum Gasteiger partial charge on any atom is 0.387 e. The van der Waals surface area contributed by atoms with Crippen molar-refractivity contribution in [2.24, 2.45) is 0 Å². The molecule has 0 saturated heterocycles. The van der Waals surface area contributed by atoms with E-state index in [0.29, 0.717) is 6.04 Å². The Morgan fingerprint density at radius 3 is 2.70 bits per heavy atom. The van der Waals surface area contributed by atoms with Crippen molar-refractivity contribution < 1.29 is 13.5 Å². The quantitative estimate of drug-likeness (QED) is 0.680. The van der Waals surface area contributed by atoms with Gasteiger partial charge in [0.1, 0.15) is 5.75 Å². The van der Waals surface area contributed by atoms with Crippen molar-refractivity contribution in [3.05, 3.63) is 29.8 Å². The summed E-state index contributed by atoms with van der Waals surface area (Å²) in [5.41, 5.74) is 0.957. The van der Waals surface area contributed by atoms with Crippen LogP contribution < -0.4 is 10.1 Å². The van der Waals surface area contributed by atoms with E-state index in [0.717, 1.165) is 23.5 Å². The zero-order valence-corrected chi connectivity index (χ0v) is 13.1. The molecule has 2 atom stereocenters. The van der Waals surface area contributed by atoms with Crippen LogP contribution in [0.4, 0.5) is 8.78 Å². The largest absolute Gasteiger partial charge is 0.435 e. The number of thioether (sulfide) groups is 1. The number of alkyl halides is 2. The molecule has 1 rings (SSSR count). The fourth-order valence-electron chi connectivity index (χ4n) is 1.97. The Hall–Kier alpha value is -0.810. The molecule has 1 aromatic carbocycles. The Balaban J connectivity index is 2.51. The molecule has 0 spiro atoms. The third-order valence-corrected chi connectivity index (χ3v) is 3.95. The van der Waals surface area contributed by atoms with Crippen LogP contribution in [0.15, 0.2) is 24.3 Å². The molecule has 0 heterocycles. The molecular weight excluding hydrogens is 280 g/mol. The average molecular weight is 303 g/mol. The molecule has 20 heavy (non-hydrogen) atoms. The smallest absolute Gasteiger partial charge is 0.387 e. The van der Waals surface area contributed by atoms with Crippen LogP contribution in [0, 0.1) is 0 Å². The summed E-state index contributed by atoms with van der Waals surface area (Å²) in [5, 5.41) is 3.48. The lowest BCUT2D eigenvalue weighted by Gasteiger charge is -2.20. The second-order valence-electron chi connectivity index (χ2n) is 4.73. The van der Waals surface area contributed by atoms with Crippen LogP contribution in [0.3, 0.4) is 0 Å². The maximum atomic E-state index is 12.2. The first-order valence-electron chi connectivity index (χ1n) is 6.91. The van der Waals surface area contributed by atoms with Gasteiger partial charge in [-0.2, -0.15) is 20.5 Å². The van der Waals surface area contributed by atoms with Crippen LogP contribution in [-0.4, -0.2) is 24.2 Å². The molecule has 0 radical (unpaired) electrons. The lowest BCUT2D eigenvalue weighted by Crippen LogP contribution is -2.29. The molecule has 5 heteroatoms. The van der Waals surface area contributed by atoms with Gasteiger partial charge in [0.2, 0.25) is 0 Å². The molecule has 0 bridgehead atoms. The van der Waals surface area contributed by atoms with Crippen molar-refractivity contribution in [3.63, 3.8) is 0 Å². The fourth-order valence-corrected chi connectivity index (χ4v) is 2.78. The fraction of sp³-hybridized carbons (Fsp3) is 0.600. The Morgan fingerprint density at radius 1 is 1.30 bits per heavy atom. The summed E-state index contributed by atoms with van der Waals surface area (Å²) in [7, 11) is 0. The van der Waals surface area contributed by atoms with E-state index in [1.54, 1.807) is 18.2 Å². The van der Waals surface area contributed by atoms with Crippen LogP contribution in [0.1, 0.15) is 38.8 Å². The van der Waals surface area contributed by atoms with Gasteiger partial charge in [0, 0.05) is 12.1 Å². The monoisotopic (exact) mass is 303 g/mol. The molecule has 1 N–H and O–H groups in total. The minimum Gasteiger partial charge on any atom is -0.435 e. The first-order chi connectivity index (χ1) is 9.52. The number of ether oxygens (including phenoxy) is 1. The van der Waals surface area contributed by atoms with Crippen LogP contribution >= 0.6 is 11.8 Å². The minimum absolute atomic E-state index is 0.109. The Kier molecular flexibility index (Phi) is 7.92. The van der Waals surface area contributed by atoms with Gasteiger partial charge in [-0.15, -0.1) is 0 Å². The predicted molar refractivity (Wildman–Crippen MR) is 81.7 cm³/mol. The summed E-state index contributed by atoms with van der Waals surface area (Å²) in [6, 6.07) is 7.37. The molecule has 1 aromatic rings. The molecule has 0 aliphatic carbocycles. The van der Waals surface area contributed by atoms with Crippen molar-refractivity contribution in [1.29, 1.82) is 0 Å². The SMILES string of the molecule is CCSCCC(C)NC(C)c1cccc(OC(F)F)c1. The number of benzene rings is 1. The van der Waals surface area contributed by atoms with Crippen molar-refractivity contribution in [2.75, 3.05) is 11.5 Å². The van der Waals surface area contributed by atoms with Crippen LogP contribution in [-0.2, 0) is 0 Å². The van der Waals surface area contributed by atoms with E-state index in [9.17, 15) is 8.78 Å². The van der Waals surface area contributed by atoms with Crippen molar-refractivity contribution in [2.45, 2.75) is 45.9 Å². The minimum atomic E-state index is -2.78. The maximum absolute atomic E-state index is 12.2.